The van der Waals surface area contributed by atoms with Gasteiger partial charge in [-0.15, -0.1) is 0 Å². The lowest BCUT2D eigenvalue weighted by molar-refractivity contribution is 0.0659. The van der Waals surface area contributed by atoms with Crippen molar-refractivity contribution in [1.29, 1.82) is 0 Å². The second-order valence-electron chi connectivity index (χ2n) is 4.10. The Hall–Kier alpha value is -0.840. The van der Waals surface area contributed by atoms with Gasteiger partial charge in [0.05, 0.1) is 6.10 Å². The topological polar surface area (TPSA) is 29.5 Å². The first-order valence-electron chi connectivity index (χ1n) is 5.40. The van der Waals surface area contributed by atoms with Crippen LogP contribution in [0.1, 0.15) is 29.8 Å². The van der Waals surface area contributed by atoms with Gasteiger partial charge in [0, 0.05) is 22.0 Å². The van der Waals surface area contributed by atoms with Crippen molar-refractivity contribution >= 4 is 27.3 Å². The molecule has 17 heavy (non-hydrogen) atoms. The summed E-state index contributed by atoms with van der Waals surface area (Å²) in [6, 6.07) is 7.80. The fraction of sp³-hybridized carbons (Fsp3) is 0.231. The third-order valence-electron chi connectivity index (χ3n) is 2.95. The van der Waals surface area contributed by atoms with Gasteiger partial charge in [0.25, 0.3) is 0 Å². The zero-order valence-electron chi connectivity index (χ0n) is 8.97. The van der Waals surface area contributed by atoms with Gasteiger partial charge in [0.2, 0.25) is 0 Å². The van der Waals surface area contributed by atoms with Crippen LogP contribution < -0.4 is 4.74 Å². The summed E-state index contributed by atoms with van der Waals surface area (Å²) in [6.07, 6.45) is 0.117. The average molecular weight is 311 g/mol. The van der Waals surface area contributed by atoms with Crippen LogP contribution in [-0.4, -0.2) is 5.11 Å². The van der Waals surface area contributed by atoms with Crippen LogP contribution in [0, 0.1) is 0 Å². The maximum Gasteiger partial charge on any atom is 0.127 e. The van der Waals surface area contributed by atoms with Gasteiger partial charge in [-0.05, 0) is 35.0 Å². The van der Waals surface area contributed by atoms with Gasteiger partial charge in [-0.3, -0.25) is 0 Å². The molecule has 0 saturated heterocycles. The van der Waals surface area contributed by atoms with E-state index in [0.29, 0.717) is 6.42 Å². The van der Waals surface area contributed by atoms with Crippen molar-refractivity contribution in [3.8, 4) is 5.75 Å². The molecule has 2 nitrogen and oxygen atoms in total. The van der Waals surface area contributed by atoms with Crippen molar-refractivity contribution in [3.05, 3.63) is 50.6 Å². The summed E-state index contributed by atoms with van der Waals surface area (Å²) >= 11 is 5.06. The van der Waals surface area contributed by atoms with E-state index in [9.17, 15) is 5.11 Å². The lowest BCUT2D eigenvalue weighted by Crippen LogP contribution is -2.18. The highest BCUT2D eigenvalue weighted by atomic mass is 79.9. The van der Waals surface area contributed by atoms with Crippen LogP contribution in [0.15, 0.2) is 39.5 Å². The Labute approximate surface area is 112 Å². The maximum atomic E-state index is 10.2. The van der Waals surface area contributed by atoms with Crippen LogP contribution in [0.5, 0.6) is 5.75 Å². The second-order valence-corrected chi connectivity index (χ2v) is 5.79. The predicted octanol–water partition coefficient (Wildman–Crippen LogP) is 4.07. The summed E-state index contributed by atoms with van der Waals surface area (Å²) in [4.78, 5) is 0. The standard InChI is InChI=1S/C13H11BrO2S/c14-9-1-2-12-10(5-9)11(15)6-13(16-12)8-3-4-17-7-8/h1-5,7,11,13,15H,6H2. The molecule has 1 aliphatic heterocycles. The minimum Gasteiger partial charge on any atom is -0.485 e. The number of aliphatic hydroxyl groups is 1. The summed E-state index contributed by atoms with van der Waals surface area (Å²) in [5, 5.41) is 14.3. The van der Waals surface area contributed by atoms with Crippen LogP contribution in [0.4, 0.5) is 0 Å². The average Bonchev–Trinajstić information content (AvgIpc) is 2.83. The van der Waals surface area contributed by atoms with Crippen LogP contribution in [-0.2, 0) is 0 Å². The SMILES string of the molecule is OC1CC(c2ccsc2)Oc2ccc(Br)cc21. The molecule has 3 rings (SSSR count). The van der Waals surface area contributed by atoms with Gasteiger partial charge in [0.1, 0.15) is 11.9 Å². The van der Waals surface area contributed by atoms with Crippen molar-refractivity contribution in [2.45, 2.75) is 18.6 Å². The number of thiophene rings is 1. The van der Waals surface area contributed by atoms with Crippen molar-refractivity contribution in [3.63, 3.8) is 0 Å². The number of halogens is 1. The third kappa shape index (κ3) is 2.12. The highest BCUT2D eigenvalue weighted by Gasteiger charge is 2.28. The van der Waals surface area contributed by atoms with Crippen molar-refractivity contribution in [2.24, 2.45) is 0 Å². The molecule has 2 aromatic rings. The first-order chi connectivity index (χ1) is 8.24. The number of benzene rings is 1. The quantitative estimate of drug-likeness (QED) is 0.860. The molecule has 0 fully saturated rings. The summed E-state index contributed by atoms with van der Waals surface area (Å²) in [5.74, 6) is 0.781. The smallest absolute Gasteiger partial charge is 0.127 e. The van der Waals surface area contributed by atoms with Crippen LogP contribution in [0.25, 0.3) is 0 Å². The zero-order chi connectivity index (χ0) is 11.8. The van der Waals surface area contributed by atoms with E-state index in [1.807, 2.05) is 29.6 Å². The van der Waals surface area contributed by atoms with Gasteiger partial charge in [-0.1, -0.05) is 15.9 Å². The van der Waals surface area contributed by atoms with Crippen molar-refractivity contribution in [2.75, 3.05) is 0 Å². The van der Waals surface area contributed by atoms with E-state index in [1.165, 1.54) is 0 Å². The minimum absolute atomic E-state index is 0.0371. The minimum atomic E-state index is -0.457. The molecule has 0 aliphatic carbocycles. The summed E-state index contributed by atoms with van der Waals surface area (Å²) in [7, 11) is 0. The number of hydrogen-bond acceptors (Lipinski definition) is 3. The fourth-order valence-electron chi connectivity index (χ4n) is 2.08. The Morgan fingerprint density at radius 2 is 2.24 bits per heavy atom. The lowest BCUT2D eigenvalue weighted by atomic mass is 9.96. The molecule has 88 valence electrons. The molecule has 0 spiro atoms. The molecule has 0 bridgehead atoms. The largest absolute Gasteiger partial charge is 0.485 e. The first kappa shape index (κ1) is 11.3. The summed E-state index contributed by atoms with van der Waals surface area (Å²) in [5.41, 5.74) is 2.01. The number of rotatable bonds is 1. The van der Waals surface area contributed by atoms with Gasteiger partial charge in [0.15, 0.2) is 0 Å². The zero-order valence-corrected chi connectivity index (χ0v) is 11.4. The number of fused-ring (bicyclic) bond motifs is 1. The van der Waals surface area contributed by atoms with Gasteiger partial charge < -0.3 is 9.84 Å². The Morgan fingerprint density at radius 3 is 3.00 bits per heavy atom. The highest BCUT2D eigenvalue weighted by molar-refractivity contribution is 9.10. The second kappa shape index (κ2) is 4.44. The van der Waals surface area contributed by atoms with E-state index in [4.69, 9.17) is 4.74 Å². The Balaban J connectivity index is 1.96. The van der Waals surface area contributed by atoms with Crippen LogP contribution in [0.3, 0.4) is 0 Å². The van der Waals surface area contributed by atoms with Crippen LogP contribution in [0.2, 0.25) is 0 Å². The Bertz CT molecular complexity index is 524. The number of ether oxygens (including phenoxy) is 1. The first-order valence-corrected chi connectivity index (χ1v) is 7.14. The van der Waals surface area contributed by atoms with Crippen molar-refractivity contribution in [1.82, 2.24) is 0 Å². The molecule has 1 aromatic heterocycles. The molecule has 0 radical (unpaired) electrons. The Kier molecular flexibility index (Phi) is 2.94. The van der Waals surface area contributed by atoms with E-state index in [1.54, 1.807) is 11.3 Å². The normalized spacial score (nSPS) is 22.9. The molecule has 2 unspecified atom stereocenters. The maximum absolute atomic E-state index is 10.2. The van der Waals surface area contributed by atoms with Crippen molar-refractivity contribution < 1.29 is 9.84 Å². The predicted molar refractivity (Wildman–Crippen MR) is 71.4 cm³/mol. The van der Waals surface area contributed by atoms with E-state index in [-0.39, 0.29) is 6.10 Å². The van der Waals surface area contributed by atoms with Crippen LogP contribution >= 0.6 is 27.3 Å². The summed E-state index contributed by atoms with van der Waals surface area (Å²) in [6.45, 7) is 0. The number of hydrogen-bond donors (Lipinski definition) is 1. The molecule has 1 aliphatic rings. The molecule has 4 heteroatoms. The Morgan fingerprint density at radius 1 is 1.35 bits per heavy atom. The molecular formula is C13H11BrO2S. The van der Waals surface area contributed by atoms with Gasteiger partial charge >= 0.3 is 0 Å². The highest BCUT2D eigenvalue weighted by Crippen LogP contribution is 2.42. The molecule has 0 amide bonds. The lowest BCUT2D eigenvalue weighted by Gasteiger charge is -2.29. The van der Waals surface area contributed by atoms with Gasteiger partial charge in [-0.25, -0.2) is 0 Å². The molecule has 2 heterocycles. The summed E-state index contributed by atoms with van der Waals surface area (Å²) < 4.78 is 6.89. The van der Waals surface area contributed by atoms with E-state index in [0.717, 1.165) is 21.3 Å². The van der Waals surface area contributed by atoms with E-state index < -0.39 is 6.10 Å². The molecule has 1 N–H and O–H groups in total. The van der Waals surface area contributed by atoms with E-state index in [2.05, 4.69) is 21.3 Å². The molecule has 0 saturated carbocycles. The molecule has 2 atom stereocenters. The van der Waals surface area contributed by atoms with E-state index >= 15 is 0 Å². The fourth-order valence-corrected chi connectivity index (χ4v) is 3.16. The van der Waals surface area contributed by atoms with Gasteiger partial charge in [-0.2, -0.15) is 11.3 Å². The molecule has 1 aromatic carbocycles. The molecular weight excluding hydrogens is 300 g/mol. The number of aliphatic hydroxyl groups excluding tert-OH is 1. The third-order valence-corrected chi connectivity index (χ3v) is 4.15. The monoisotopic (exact) mass is 310 g/mol.